The second-order valence-corrected chi connectivity index (χ2v) is 2.98. The molecule has 0 aliphatic heterocycles. The molecular weight excluding hydrogens is 208 g/mol. The maximum absolute atomic E-state index is 10.6. The topological polar surface area (TPSA) is 72.3 Å². The minimum Gasteiger partial charge on any atom is -0.478 e. The molecule has 1 aromatic heterocycles. The van der Waals surface area contributed by atoms with Crippen LogP contribution in [-0.2, 0) is 0 Å². The van der Waals surface area contributed by atoms with Crippen molar-refractivity contribution in [2.24, 2.45) is 0 Å². The monoisotopic (exact) mass is 216 g/mol. The Bertz CT molecular complexity index is 482. The number of aromatic nitrogens is 2. The summed E-state index contributed by atoms with van der Waals surface area (Å²) in [5, 5.41) is 8.70. The van der Waals surface area contributed by atoms with Crippen LogP contribution in [0.15, 0.2) is 42.9 Å². The normalized spacial score (nSPS) is 9.75. The fourth-order valence-corrected chi connectivity index (χ4v) is 1.12. The summed E-state index contributed by atoms with van der Waals surface area (Å²) in [6.45, 7) is 0. The summed E-state index contributed by atoms with van der Waals surface area (Å²) in [4.78, 5) is 18.4. The molecule has 0 aliphatic carbocycles. The number of hydrogen-bond acceptors (Lipinski definition) is 4. The highest BCUT2D eigenvalue weighted by molar-refractivity contribution is 5.87. The first kappa shape index (κ1) is 10.1. The van der Waals surface area contributed by atoms with Crippen LogP contribution in [0.3, 0.4) is 0 Å². The van der Waals surface area contributed by atoms with Gasteiger partial charge in [-0.15, -0.1) is 0 Å². The molecule has 0 saturated heterocycles. The Labute approximate surface area is 91.4 Å². The molecule has 5 heteroatoms. The van der Waals surface area contributed by atoms with Crippen molar-refractivity contribution in [3.05, 3.63) is 48.4 Å². The van der Waals surface area contributed by atoms with Gasteiger partial charge in [0.1, 0.15) is 5.75 Å². The van der Waals surface area contributed by atoms with Crippen LogP contribution in [0.5, 0.6) is 11.6 Å². The Balaban J connectivity index is 2.14. The minimum absolute atomic E-state index is 0.214. The lowest BCUT2D eigenvalue weighted by Crippen LogP contribution is -1.95. The van der Waals surface area contributed by atoms with Crippen LogP contribution < -0.4 is 4.74 Å². The zero-order chi connectivity index (χ0) is 11.4. The molecule has 1 aromatic carbocycles. The van der Waals surface area contributed by atoms with Gasteiger partial charge in [-0.3, -0.25) is 4.98 Å². The molecule has 0 atom stereocenters. The van der Waals surface area contributed by atoms with E-state index < -0.39 is 5.97 Å². The highest BCUT2D eigenvalue weighted by atomic mass is 16.5. The Hall–Kier alpha value is -2.43. The van der Waals surface area contributed by atoms with Gasteiger partial charge in [-0.05, 0) is 24.3 Å². The molecule has 1 N–H and O–H groups in total. The van der Waals surface area contributed by atoms with Gasteiger partial charge in [0.05, 0.1) is 11.8 Å². The molecular formula is C11H8N2O3. The standard InChI is InChI=1S/C11H8N2O3/c14-11(15)8-1-3-9(4-2-8)16-10-7-12-5-6-13-10/h1-7H,(H,14,15). The smallest absolute Gasteiger partial charge is 0.335 e. The van der Waals surface area contributed by atoms with E-state index >= 15 is 0 Å². The van der Waals surface area contributed by atoms with Crippen LogP contribution >= 0.6 is 0 Å². The van der Waals surface area contributed by atoms with E-state index in [0.29, 0.717) is 11.6 Å². The molecule has 0 spiro atoms. The lowest BCUT2D eigenvalue weighted by molar-refractivity contribution is 0.0697. The predicted octanol–water partition coefficient (Wildman–Crippen LogP) is 1.97. The van der Waals surface area contributed by atoms with E-state index in [1.165, 1.54) is 24.5 Å². The van der Waals surface area contributed by atoms with Gasteiger partial charge in [0.15, 0.2) is 0 Å². The molecule has 16 heavy (non-hydrogen) atoms. The molecule has 0 aliphatic rings. The molecule has 0 fully saturated rings. The summed E-state index contributed by atoms with van der Waals surface area (Å²) in [6.07, 6.45) is 4.53. The van der Waals surface area contributed by atoms with Gasteiger partial charge in [-0.2, -0.15) is 0 Å². The maximum atomic E-state index is 10.6. The number of carboxylic acid groups (broad SMARTS) is 1. The number of benzene rings is 1. The minimum atomic E-state index is -0.967. The van der Waals surface area contributed by atoms with E-state index in [0.717, 1.165) is 0 Å². The van der Waals surface area contributed by atoms with E-state index in [4.69, 9.17) is 9.84 Å². The first-order chi connectivity index (χ1) is 7.75. The number of aromatic carboxylic acids is 1. The Kier molecular flexibility index (Phi) is 2.77. The van der Waals surface area contributed by atoms with Crippen molar-refractivity contribution in [3.63, 3.8) is 0 Å². The van der Waals surface area contributed by atoms with Crippen molar-refractivity contribution in [2.45, 2.75) is 0 Å². The van der Waals surface area contributed by atoms with E-state index in [1.807, 2.05) is 0 Å². The fraction of sp³-hybridized carbons (Fsp3) is 0. The number of rotatable bonds is 3. The Morgan fingerprint density at radius 1 is 1.19 bits per heavy atom. The summed E-state index contributed by atoms with van der Waals surface area (Å²) in [5.41, 5.74) is 0.214. The molecule has 0 unspecified atom stereocenters. The van der Waals surface area contributed by atoms with Crippen molar-refractivity contribution < 1.29 is 14.6 Å². The van der Waals surface area contributed by atoms with E-state index in [2.05, 4.69) is 9.97 Å². The van der Waals surface area contributed by atoms with Gasteiger partial charge < -0.3 is 9.84 Å². The van der Waals surface area contributed by atoms with Crippen LogP contribution in [-0.4, -0.2) is 21.0 Å². The van der Waals surface area contributed by atoms with Crippen LogP contribution in [0, 0.1) is 0 Å². The second-order valence-electron chi connectivity index (χ2n) is 2.98. The molecule has 0 radical (unpaired) electrons. The summed E-state index contributed by atoms with van der Waals surface area (Å²) < 4.78 is 5.35. The third kappa shape index (κ3) is 2.33. The molecule has 5 nitrogen and oxygen atoms in total. The van der Waals surface area contributed by atoms with Crippen LogP contribution in [0.2, 0.25) is 0 Å². The Morgan fingerprint density at radius 2 is 1.94 bits per heavy atom. The van der Waals surface area contributed by atoms with Crippen LogP contribution in [0.25, 0.3) is 0 Å². The number of ether oxygens (including phenoxy) is 1. The van der Waals surface area contributed by atoms with E-state index in [1.54, 1.807) is 18.3 Å². The quantitative estimate of drug-likeness (QED) is 0.849. The van der Waals surface area contributed by atoms with E-state index in [-0.39, 0.29) is 5.56 Å². The highest BCUT2D eigenvalue weighted by Crippen LogP contribution is 2.18. The largest absolute Gasteiger partial charge is 0.478 e. The first-order valence-electron chi connectivity index (χ1n) is 4.53. The number of hydrogen-bond donors (Lipinski definition) is 1. The third-order valence-corrected chi connectivity index (χ3v) is 1.86. The number of nitrogens with zero attached hydrogens (tertiary/aromatic N) is 2. The van der Waals surface area contributed by atoms with Crippen LogP contribution in [0.4, 0.5) is 0 Å². The summed E-state index contributed by atoms with van der Waals surface area (Å²) >= 11 is 0. The van der Waals surface area contributed by atoms with Crippen molar-refractivity contribution in [2.75, 3.05) is 0 Å². The van der Waals surface area contributed by atoms with Gasteiger partial charge >= 0.3 is 5.97 Å². The van der Waals surface area contributed by atoms with Gasteiger partial charge in [0.25, 0.3) is 0 Å². The average molecular weight is 216 g/mol. The van der Waals surface area contributed by atoms with Crippen LogP contribution in [0.1, 0.15) is 10.4 Å². The van der Waals surface area contributed by atoms with Crippen molar-refractivity contribution in [1.29, 1.82) is 0 Å². The lowest BCUT2D eigenvalue weighted by atomic mass is 10.2. The molecule has 80 valence electrons. The lowest BCUT2D eigenvalue weighted by Gasteiger charge is -2.03. The fourth-order valence-electron chi connectivity index (χ4n) is 1.12. The Morgan fingerprint density at radius 3 is 2.50 bits per heavy atom. The highest BCUT2D eigenvalue weighted by Gasteiger charge is 2.03. The number of carbonyl (C=O) groups is 1. The first-order valence-corrected chi connectivity index (χ1v) is 4.53. The zero-order valence-electron chi connectivity index (χ0n) is 8.20. The number of carboxylic acids is 1. The molecule has 0 bridgehead atoms. The molecule has 0 saturated carbocycles. The van der Waals surface area contributed by atoms with Gasteiger partial charge in [0, 0.05) is 12.4 Å². The maximum Gasteiger partial charge on any atom is 0.335 e. The molecule has 0 amide bonds. The third-order valence-electron chi connectivity index (χ3n) is 1.86. The zero-order valence-corrected chi connectivity index (χ0v) is 8.20. The second kappa shape index (κ2) is 4.39. The van der Waals surface area contributed by atoms with E-state index in [9.17, 15) is 4.79 Å². The predicted molar refractivity (Wildman–Crippen MR) is 55.5 cm³/mol. The van der Waals surface area contributed by atoms with Crippen molar-refractivity contribution in [1.82, 2.24) is 9.97 Å². The van der Waals surface area contributed by atoms with Crippen molar-refractivity contribution >= 4 is 5.97 Å². The molecule has 1 heterocycles. The average Bonchev–Trinajstić information content (AvgIpc) is 2.31. The molecule has 2 aromatic rings. The summed E-state index contributed by atoms with van der Waals surface area (Å²) in [7, 11) is 0. The summed E-state index contributed by atoms with van der Waals surface area (Å²) in [5.74, 6) is -0.0814. The molecule has 2 rings (SSSR count). The van der Waals surface area contributed by atoms with Gasteiger partial charge in [-0.1, -0.05) is 0 Å². The van der Waals surface area contributed by atoms with Gasteiger partial charge in [0.2, 0.25) is 5.88 Å². The van der Waals surface area contributed by atoms with Crippen molar-refractivity contribution in [3.8, 4) is 11.6 Å². The summed E-state index contributed by atoms with van der Waals surface area (Å²) in [6, 6.07) is 6.07. The van der Waals surface area contributed by atoms with Gasteiger partial charge in [-0.25, -0.2) is 9.78 Å². The SMILES string of the molecule is O=C(O)c1ccc(Oc2cnccn2)cc1.